The first-order chi connectivity index (χ1) is 38.0. The number of hydrazine groups is 1. The van der Waals surface area contributed by atoms with E-state index in [1.54, 1.807) is 17.7 Å². The van der Waals surface area contributed by atoms with E-state index >= 15 is 8.78 Å². The third-order valence-corrected chi connectivity index (χ3v) is 14.6. The molecule has 3 saturated heterocycles. The lowest BCUT2D eigenvalue weighted by Crippen LogP contribution is -2.63. The van der Waals surface area contributed by atoms with Crippen LogP contribution in [0.1, 0.15) is 69.3 Å². The predicted octanol–water partition coefficient (Wildman–Crippen LogP) is 6.01. The molecule has 29 heteroatoms. The van der Waals surface area contributed by atoms with Gasteiger partial charge in [-0.2, -0.15) is 40.2 Å². The molecule has 4 aromatic rings. The van der Waals surface area contributed by atoms with Gasteiger partial charge in [0, 0.05) is 73.5 Å². The number of benzene rings is 2. The van der Waals surface area contributed by atoms with Crippen molar-refractivity contribution in [2.75, 3.05) is 52.0 Å². The summed E-state index contributed by atoms with van der Waals surface area (Å²) in [6.07, 6.45) is -9.90. The van der Waals surface area contributed by atoms with Crippen LogP contribution in [0.3, 0.4) is 0 Å². The Morgan fingerprint density at radius 1 is 0.778 bits per heavy atom. The van der Waals surface area contributed by atoms with E-state index in [-0.39, 0.29) is 21.5 Å². The molecule has 2 aromatic heterocycles. The number of hydrogen-bond acceptors (Lipinski definition) is 14. The van der Waals surface area contributed by atoms with E-state index in [2.05, 4.69) is 51.5 Å². The van der Waals surface area contributed by atoms with Crippen molar-refractivity contribution in [3.63, 3.8) is 0 Å². The fraction of sp³-hybridized carbons (Fsp3) is 0.519. The summed E-state index contributed by atoms with van der Waals surface area (Å²) in [4.78, 5) is 66.7. The number of methoxy groups -OCH3 is 2. The first kappa shape index (κ1) is 61.3. The molecule has 5 heterocycles. The predicted molar refractivity (Wildman–Crippen MR) is 267 cm³/mol. The van der Waals surface area contributed by atoms with Gasteiger partial charge in [0.25, 0.3) is 5.91 Å². The lowest BCUT2D eigenvalue weighted by atomic mass is 9.82. The van der Waals surface area contributed by atoms with Gasteiger partial charge < -0.3 is 40.2 Å². The lowest BCUT2D eigenvalue weighted by Gasteiger charge is -2.47. The molecule has 5 N–H and O–H groups in total. The summed E-state index contributed by atoms with van der Waals surface area (Å²) in [5.74, 6) is 0.416. The average Bonchev–Trinajstić information content (AvgIpc) is 3.98. The SMILES string of the molecule is COC(=O)NC(C(=O)NC(Cc1ccc(C#Cc2cnc(N3CC4CCC(C3)N4C3COC3)nc2)cc1)C(O)CN(Cc1c(F)cc(-c2ccn(C(F)F)n2)cc1F)NC(=O)C(NC(=O)OC)C(C)(C)C(F)(F)F)C(C)(C)C(F)(F)F. The molecule has 3 fully saturated rings. The highest BCUT2D eigenvalue weighted by molar-refractivity contribution is 5.87. The molecule has 6 atom stereocenters. The fourth-order valence-corrected chi connectivity index (χ4v) is 9.56. The second-order valence-corrected chi connectivity index (χ2v) is 20.8. The largest absolute Gasteiger partial charge is 0.453 e. The van der Waals surface area contributed by atoms with E-state index in [9.17, 15) is 59.4 Å². The number of fused-ring (bicyclic) bond motifs is 2. The van der Waals surface area contributed by atoms with E-state index in [0.29, 0.717) is 80.0 Å². The van der Waals surface area contributed by atoms with Gasteiger partial charge in [-0.25, -0.2) is 38.0 Å². The zero-order valence-electron chi connectivity index (χ0n) is 44.5. The van der Waals surface area contributed by atoms with Gasteiger partial charge in [-0.15, -0.1) is 0 Å². The van der Waals surface area contributed by atoms with Gasteiger partial charge >= 0.3 is 31.1 Å². The Labute approximate surface area is 458 Å². The van der Waals surface area contributed by atoms with E-state index in [0.717, 1.165) is 65.6 Å². The maximum absolute atomic E-state index is 16.0. The van der Waals surface area contributed by atoms with Gasteiger partial charge in [0.1, 0.15) is 23.7 Å². The van der Waals surface area contributed by atoms with Crippen LogP contribution in [0.5, 0.6) is 0 Å². The Kier molecular flexibility index (Phi) is 18.8. The number of ether oxygens (including phenoxy) is 3. The molecule has 0 aliphatic carbocycles. The van der Waals surface area contributed by atoms with Gasteiger partial charge in [-0.05, 0) is 82.9 Å². The number of aliphatic hydroxyl groups excluding tert-OH is 1. The Morgan fingerprint density at radius 2 is 1.31 bits per heavy atom. The van der Waals surface area contributed by atoms with Crippen LogP contribution in [0.15, 0.2) is 61.1 Å². The zero-order valence-corrected chi connectivity index (χ0v) is 44.5. The van der Waals surface area contributed by atoms with E-state index in [4.69, 9.17) is 4.74 Å². The summed E-state index contributed by atoms with van der Waals surface area (Å²) < 4.78 is 161. The molecular weight excluding hydrogens is 1100 g/mol. The van der Waals surface area contributed by atoms with E-state index < -0.39 is 115 Å². The van der Waals surface area contributed by atoms with Crippen LogP contribution in [0, 0.1) is 34.3 Å². The second kappa shape index (κ2) is 24.8. The molecule has 0 spiro atoms. The molecule has 19 nitrogen and oxygen atoms in total. The van der Waals surface area contributed by atoms with Crippen molar-refractivity contribution in [1.29, 1.82) is 0 Å². The minimum absolute atomic E-state index is 0.197. The van der Waals surface area contributed by atoms with Crippen LogP contribution < -0.4 is 26.3 Å². The smallest absolute Gasteiger partial charge is 0.407 e. The first-order valence-electron chi connectivity index (χ1n) is 25.2. The number of anilines is 1. The lowest BCUT2D eigenvalue weighted by molar-refractivity contribution is -0.221. The minimum atomic E-state index is -5.23. The number of piperazine rings is 1. The van der Waals surface area contributed by atoms with Crippen LogP contribution in [0.2, 0.25) is 0 Å². The monoisotopic (exact) mass is 1160 g/mol. The number of aromatic nitrogens is 4. The summed E-state index contributed by atoms with van der Waals surface area (Å²) in [6, 6.07) is 2.70. The van der Waals surface area contributed by atoms with Crippen molar-refractivity contribution in [1.82, 2.24) is 51.0 Å². The number of nitrogens with one attached hydrogen (secondary N) is 4. The molecule has 7 rings (SSSR count). The number of hydrogen-bond donors (Lipinski definition) is 5. The Hall–Kier alpha value is -7.29. The molecule has 0 saturated carbocycles. The summed E-state index contributed by atoms with van der Waals surface area (Å²) in [6.45, 7) is -0.141. The molecule has 81 heavy (non-hydrogen) atoms. The van der Waals surface area contributed by atoms with Crippen LogP contribution in [0.4, 0.5) is 59.4 Å². The molecule has 6 unspecified atom stereocenters. The van der Waals surface area contributed by atoms with Gasteiger partial charge in [0.05, 0.1) is 67.7 Å². The first-order valence-corrected chi connectivity index (χ1v) is 25.2. The van der Waals surface area contributed by atoms with Crippen molar-refractivity contribution < 1.29 is 82.4 Å². The van der Waals surface area contributed by atoms with Gasteiger partial charge in [-0.1, -0.05) is 24.0 Å². The number of nitrogens with zero attached hydrogens (tertiary/aromatic N) is 7. The summed E-state index contributed by atoms with van der Waals surface area (Å²) in [5, 5.41) is 22.1. The molecule has 2 bridgehead atoms. The highest BCUT2D eigenvalue weighted by atomic mass is 19.4. The quantitative estimate of drug-likeness (QED) is 0.0413. The van der Waals surface area contributed by atoms with Gasteiger partial charge in [0.15, 0.2) is 0 Å². The number of aliphatic hydroxyl groups is 1. The summed E-state index contributed by atoms with van der Waals surface area (Å²) in [5.41, 5.74) is -4.59. The van der Waals surface area contributed by atoms with Crippen LogP contribution in [-0.2, 0) is 36.8 Å². The van der Waals surface area contributed by atoms with E-state index in [1.165, 1.54) is 24.3 Å². The molecule has 440 valence electrons. The highest BCUT2D eigenvalue weighted by Gasteiger charge is 2.57. The Bertz CT molecular complexity index is 2910. The summed E-state index contributed by atoms with van der Waals surface area (Å²) >= 11 is 0. The van der Waals surface area contributed by atoms with Crippen LogP contribution >= 0.6 is 0 Å². The van der Waals surface area contributed by atoms with Crippen LogP contribution in [0.25, 0.3) is 11.3 Å². The third-order valence-electron chi connectivity index (χ3n) is 14.6. The van der Waals surface area contributed by atoms with Crippen molar-refractivity contribution in [2.24, 2.45) is 10.8 Å². The number of amides is 4. The molecular formula is C52H59F10N11O8. The average molecular weight is 1160 g/mol. The maximum atomic E-state index is 16.0. The second-order valence-electron chi connectivity index (χ2n) is 20.8. The fourth-order valence-electron chi connectivity index (χ4n) is 9.56. The number of rotatable bonds is 19. The van der Waals surface area contributed by atoms with Gasteiger partial charge in [0.2, 0.25) is 11.9 Å². The Morgan fingerprint density at radius 3 is 1.79 bits per heavy atom. The normalized spacial score (nSPS) is 18.5. The van der Waals surface area contributed by atoms with E-state index in [1.807, 2.05) is 10.7 Å². The Balaban J connectivity index is 1.18. The number of halogens is 10. The molecule has 2 aromatic carbocycles. The number of carbonyl (C=O) groups excluding carboxylic acids is 4. The molecule has 3 aliphatic rings. The standard InChI is InChI=1S/C52H59F10N11O8/c1-49(2,51(57,58)59)41(66-47(77)79-5)43(75)65-39(17-29-10-7-28(8-11-29)9-12-30-20-63-46(64-21-30)70-22-32-13-14-33(23-70)73(32)34-26-81-27-34)40(74)25-71(69-44(76)42(67-48(78)80-6)50(3,4)52(60,61)62)24-35-36(53)18-31(19-37(35)54)38-15-16-72(68-38)45(55)56/h7-8,10-11,15-16,18-21,32-34,39-42,45,74H,13-14,17,22-27H2,1-6H3,(H,65,75)(H,66,77)(H,67,78)(H,69,76). The molecule has 0 radical (unpaired) electrons. The zero-order chi connectivity index (χ0) is 59.4. The van der Waals surface area contributed by atoms with Crippen LogP contribution in [-0.4, -0.2) is 161 Å². The highest BCUT2D eigenvalue weighted by Crippen LogP contribution is 2.42. The number of carbonyl (C=O) groups is 4. The number of alkyl carbamates (subject to hydrolysis) is 2. The number of alkyl halides is 8. The van der Waals surface area contributed by atoms with Gasteiger partial charge in [-0.3, -0.25) is 19.9 Å². The molecule has 3 aliphatic heterocycles. The topological polar surface area (TPSA) is 218 Å². The third kappa shape index (κ3) is 14.3. The van der Waals surface area contributed by atoms with Crippen molar-refractivity contribution >= 4 is 29.9 Å². The van der Waals surface area contributed by atoms with Crippen molar-refractivity contribution in [3.05, 3.63) is 94.9 Å². The molecule has 4 amide bonds. The van der Waals surface area contributed by atoms with Crippen molar-refractivity contribution in [2.45, 2.75) is 115 Å². The maximum Gasteiger partial charge on any atom is 0.407 e. The van der Waals surface area contributed by atoms with Crippen molar-refractivity contribution in [3.8, 4) is 23.1 Å². The summed E-state index contributed by atoms with van der Waals surface area (Å²) in [7, 11) is 1.60. The minimum Gasteiger partial charge on any atom is -0.453 e.